The molecule has 0 aromatic carbocycles. The SMILES string of the molecule is CN(C)C1(CNc2nc[nH]c(=O)c2Br)CCC1. The van der Waals surface area contributed by atoms with Crippen LogP contribution in [0.15, 0.2) is 15.6 Å². The van der Waals surface area contributed by atoms with Crippen molar-refractivity contribution in [1.82, 2.24) is 14.9 Å². The lowest BCUT2D eigenvalue weighted by Gasteiger charge is -2.47. The number of hydrogen-bond donors (Lipinski definition) is 2. The maximum absolute atomic E-state index is 11.4. The molecule has 0 atom stereocenters. The summed E-state index contributed by atoms with van der Waals surface area (Å²) in [7, 11) is 4.20. The quantitative estimate of drug-likeness (QED) is 0.883. The van der Waals surface area contributed by atoms with E-state index in [1.807, 2.05) is 0 Å². The third kappa shape index (κ3) is 2.37. The van der Waals surface area contributed by atoms with E-state index in [1.54, 1.807) is 0 Å². The molecule has 1 saturated carbocycles. The molecule has 1 aliphatic carbocycles. The third-order valence-corrected chi connectivity index (χ3v) is 4.35. The molecule has 17 heavy (non-hydrogen) atoms. The minimum Gasteiger partial charge on any atom is -0.367 e. The lowest BCUT2D eigenvalue weighted by atomic mass is 9.75. The monoisotopic (exact) mass is 300 g/mol. The van der Waals surface area contributed by atoms with Crippen molar-refractivity contribution in [2.75, 3.05) is 26.0 Å². The molecule has 0 saturated heterocycles. The molecule has 0 aliphatic heterocycles. The third-order valence-electron chi connectivity index (χ3n) is 3.61. The predicted octanol–water partition coefficient (Wildman–Crippen LogP) is 1.43. The standard InChI is InChI=1S/C11H17BrN4O/c1-16(2)11(4-3-5-11)6-13-9-8(12)10(17)15-7-14-9/h7H,3-6H2,1-2H3,(H2,13,14,15,17). The number of H-pyrrole nitrogens is 1. The molecule has 2 N–H and O–H groups in total. The predicted molar refractivity (Wildman–Crippen MR) is 71.3 cm³/mol. The molecule has 94 valence electrons. The van der Waals surface area contributed by atoms with Crippen LogP contribution in [-0.4, -0.2) is 41.0 Å². The Bertz CT molecular complexity index is 453. The highest BCUT2D eigenvalue weighted by molar-refractivity contribution is 9.10. The zero-order valence-electron chi connectivity index (χ0n) is 10.1. The van der Waals surface area contributed by atoms with Crippen LogP contribution in [0.5, 0.6) is 0 Å². The molecule has 0 spiro atoms. The van der Waals surface area contributed by atoms with Crippen LogP contribution in [0, 0.1) is 0 Å². The maximum Gasteiger partial charge on any atom is 0.267 e. The molecule has 5 nitrogen and oxygen atoms in total. The number of aromatic amines is 1. The van der Waals surface area contributed by atoms with Crippen molar-refractivity contribution >= 4 is 21.7 Å². The van der Waals surface area contributed by atoms with E-state index in [4.69, 9.17) is 0 Å². The van der Waals surface area contributed by atoms with Crippen LogP contribution in [0.2, 0.25) is 0 Å². The van der Waals surface area contributed by atoms with E-state index in [9.17, 15) is 4.79 Å². The molecule has 1 aliphatic rings. The van der Waals surface area contributed by atoms with E-state index in [-0.39, 0.29) is 11.1 Å². The van der Waals surface area contributed by atoms with Gasteiger partial charge in [0, 0.05) is 12.1 Å². The minimum absolute atomic E-state index is 0.157. The molecular weight excluding hydrogens is 284 g/mol. The molecule has 1 aromatic heterocycles. The van der Waals surface area contributed by atoms with Gasteiger partial charge in [0.05, 0.1) is 6.33 Å². The highest BCUT2D eigenvalue weighted by atomic mass is 79.9. The molecular formula is C11H17BrN4O. The summed E-state index contributed by atoms with van der Waals surface area (Å²) in [6.45, 7) is 0.815. The Morgan fingerprint density at radius 3 is 2.82 bits per heavy atom. The molecule has 0 bridgehead atoms. The molecule has 0 amide bonds. The van der Waals surface area contributed by atoms with Crippen molar-refractivity contribution < 1.29 is 0 Å². The number of anilines is 1. The average Bonchev–Trinajstić information content (AvgIpc) is 2.22. The molecule has 1 aromatic rings. The Kier molecular flexibility index (Phi) is 3.53. The molecule has 0 radical (unpaired) electrons. The Morgan fingerprint density at radius 1 is 1.59 bits per heavy atom. The van der Waals surface area contributed by atoms with E-state index < -0.39 is 0 Å². The van der Waals surface area contributed by atoms with Gasteiger partial charge < -0.3 is 15.2 Å². The first-order valence-corrected chi connectivity index (χ1v) is 6.49. The van der Waals surface area contributed by atoms with Crippen LogP contribution in [0.25, 0.3) is 0 Å². The number of nitrogens with one attached hydrogen (secondary N) is 2. The van der Waals surface area contributed by atoms with Crippen molar-refractivity contribution in [3.8, 4) is 0 Å². The van der Waals surface area contributed by atoms with Crippen molar-refractivity contribution in [3.05, 3.63) is 21.2 Å². The van der Waals surface area contributed by atoms with E-state index in [1.165, 1.54) is 25.6 Å². The number of halogens is 1. The van der Waals surface area contributed by atoms with Crippen LogP contribution >= 0.6 is 15.9 Å². The second-order valence-corrected chi connectivity index (χ2v) is 5.51. The summed E-state index contributed by atoms with van der Waals surface area (Å²) in [6, 6.07) is 0. The van der Waals surface area contributed by atoms with Gasteiger partial charge in [0.15, 0.2) is 0 Å². The number of nitrogens with zero attached hydrogens (tertiary/aromatic N) is 2. The maximum atomic E-state index is 11.4. The summed E-state index contributed by atoms with van der Waals surface area (Å²) in [4.78, 5) is 20.3. The van der Waals surface area contributed by atoms with E-state index in [0.717, 1.165) is 6.54 Å². The summed E-state index contributed by atoms with van der Waals surface area (Å²) in [5, 5.41) is 3.26. The van der Waals surface area contributed by atoms with Gasteiger partial charge >= 0.3 is 0 Å². The second kappa shape index (κ2) is 4.78. The van der Waals surface area contributed by atoms with Crippen LogP contribution in [0.1, 0.15) is 19.3 Å². The number of likely N-dealkylation sites (N-methyl/N-ethyl adjacent to an activating group) is 1. The second-order valence-electron chi connectivity index (χ2n) is 4.72. The van der Waals surface area contributed by atoms with Crippen molar-refractivity contribution in [1.29, 1.82) is 0 Å². The Morgan fingerprint density at radius 2 is 2.29 bits per heavy atom. The van der Waals surface area contributed by atoms with Crippen LogP contribution in [-0.2, 0) is 0 Å². The molecule has 1 fully saturated rings. The lowest BCUT2D eigenvalue weighted by Crippen LogP contribution is -2.54. The van der Waals surface area contributed by atoms with Crippen molar-refractivity contribution in [2.24, 2.45) is 0 Å². The van der Waals surface area contributed by atoms with Gasteiger partial charge in [0.25, 0.3) is 5.56 Å². The number of hydrogen-bond acceptors (Lipinski definition) is 4. The summed E-state index contributed by atoms with van der Waals surface area (Å²) in [5.41, 5.74) is 0.0546. The smallest absolute Gasteiger partial charge is 0.267 e. The van der Waals surface area contributed by atoms with E-state index in [0.29, 0.717) is 10.3 Å². The zero-order chi connectivity index (χ0) is 12.5. The van der Waals surface area contributed by atoms with Crippen molar-refractivity contribution in [2.45, 2.75) is 24.8 Å². The Balaban J connectivity index is 2.07. The summed E-state index contributed by atoms with van der Waals surface area (Å²) in [6.07, 6.45) is 5.06. The highest BCUT2D eigenvalue weighted by Crippen LogP contribution is 2.36. The first kappa shape index (κ1) is 12.6. The van der Waals surface area contributed by atoms with Gasteiger partial charge in [-0.3, -0.25) is 4.79 Å². The number of rotatable bonds is 4. The Hall–Kier alpha value is -0.880. The normalized spacial score (nSPS) is 17.9. The first-order valence-electron chi connectivity index (χ1n) is 5.70. The van der Waals surface area contributed by atoms with Gasteiger partial charge in [-0.15, -0.1) is 0 Å². The molecule has 2 rings (SSSR count). The first-order chi connectivity index (χ1) is 8.05. The van der Waals surface area contributed by atoms with E-state index >= 15 is 0 Å². The van der Waals surface area contributed by atoms with Crippen molar-refractivity contribution in [3.63, 3.8) is 0 Å². The lowest BCUT2D eigenvalue weighted by molar-refractivity contribution is 0.0738. The fraction of sp³-hybridized carbons (Fsp3) is 0.636. The fourth-order valence-electron chi connectivity index (χ4n) is 2.12. The van der Waals surface area contributed by atoms with Gasteiger partial charge in [0.1, 0.15) is 10.3 Å². The highest BCUT2D eigenvalue weighted by Gasteiger charge is 2.38. The van der Waals surface area contributed by atoms with E-state index in [2.05, 4.69) is 50.2 Å². The molecule has 1 heterocycles. The Labute approximate surface area is 109 Å². The zero-order valence-corrected chi connectivity index (χ0v) is 11.7. The summed E-state index contributed by atoms with van der Waals surface area (Å²) < 4.78 is 0.466. The van der Waals surface area contributed by atoms with Gasteiger partial charge in [-0.2, -0.15) is 0 Å². The van der Waals surface area contributed by atoms with Gasteiger partial charge in [-0.05, 0) is 49.3 Å². The molecule has 0 unspecified atom stereocenters. The topological polar surface area (TPSA) is 61.0 Å². The number of aromatic nitrogens is 2. The van der Waals surface area contributed by atoms with Crippen LogP contribution < -0.4 is 10.9 Å². The summed E-state index contributed by atoms with van der Waals surface area (Å²) >= 11 is 3.24. The van der Waals surface area contributed by atoms with Gasteiger partial charge in [0.2, 0.25) is 0 Å². The largest absolute Gasteiger partial charge is 0.367 e. The fourth-order valence-corrected chi connectivity index (χ4v) is 2.48. The van der Waals surface area contributed by atoms with Crippen LogP contribution in [0.3, 0.4) is 0 Å². The minimum atomic E-state index is -0.157. The van der Waals surface area contributed by atoms with Crippen LogP contribution in [0.4, 0.5) is 5.82 Å². The average molecular weight is 301 g/mol. The molecule has 6 heteroatoms. The summed E-state index contributed by atoms with van der Waals surface area (Å²) in [5.74, 6) is 0.613. The van der Waals surface area contributed by atoms with Gasteiger partial charge in [-0.1, -0.05) is 0 Å². The van der Waals surface area contributed by atoms with Gasteiger partial charge in [-0.25, -0.2) is 4.98 Å².